The minimum absolute atomic E-state index is 0.297. The number of fused-ring (bicyclic) bond motifs is 1. The third-order valence-corrected chi connectivity index (χ3v) is 4.84. The predicted octanol–water partition coefficient (Wildman–Crippen LogP) is 3.74. The Morgan fingerprint density at radius 3 is 2.79 bits per heavy atom. The van der Waals surface area contributed by atoms with Crippen molar-refractivity contribution in [3.05, 3.63) is 73.3 Å². The number of carbonyl (C=O) groups is 1. The third-order valence-electron chi connectivity index (χ3n) is 4.84. The largest absolute Gasteiger partial charge is 0.490 e. The van der Waals surface area contributed by atoms with E-state index < -0.39 is 0 Å². The van der Waals surface area contributed by atoms with E-state index in [2.05, 4.69) is 32.3 Å². The number of nitrogens with zero attached hydrogens (tertiary/aromatic N) is 5. The first-order valence-corrected chi connectivity index (χ1v) is 10.5. The molecule has 1 amide bonds. The van der Waals surface area contributed by atoms with Crippen molar-refractivity contribution in [3.63, 3.8) is 0 Å². The molecule has 34 heavy (non-hydrogen) atoms. The van der Waals surface area contributed by atoms with Crippen LogP contribution in [0.2, 0.25) is 0 Å². The van der Waals surface area contributed by atoms with Gasteiger partial charge in [0.25, 0.3) is 0 Å². The number of nitrogens with one attached hydrogen (secondary N) is 2. The van der Waals surface area contributed by atoms with E-state index in [0.29, 0.717) is 46.6 Å². The summed E-state index contributed by atoms with van der Waals surface area (Å²) in [5, 5.41) is 10.4. The van der Waals surface area contributed by atoms with Crippen molar-refractivity contribution < 1.29 is 13.9 Å². The second-order valence-corrected chi connectivity index (χ2v) is 7.69. The van der Waals surface area contributed by atoms with Crippen molar-refractivity contribution in [2.75, 3.05) is 37.9 Å². The van der Waals surface area contributed by atoms with Gasteiger partial charge in [-0.25, -0.2) is 18.9 Å². The Labute approximate surface area is 195 Å². The van der Waals surface area contributed by atoms with Gasteiger partial charge in [0, 0.05) is 17.8 Å². The maximum atomic E-state index is 13.7. The number of likely N-dealkylation sites (N-methyl/N-ethyl adjacent to an activating group) is 1. The molecule has 2 aromatic carbocycles. The SMILES string of the molecule is C=CC(=O)Nc1cc(Nc2ncc3cnc(-c4cccc(F)c4)n3n2)ccc1OCCN(C)C. The summed E-state index contributed by atoms with van der Waals surface area (Å²) < 4.78 is 21.1. The lowest BCUT2D eigenvalue weighted by atomic mass is 10.2. The van der Waals surface area contributed by atoms with Crippen LogP contribution in [0.3, 0.4) is 0 Å². The maximum absolute atomic E-state index is 13.7. The molecule has 174 valence electrons. The average Bonchev–Trinajstić information content (AvgIpc) is 3.23. The van der Waals surface area contributed by atoms with Gasteiger partial charge in [0.2, 0.25) is 11.9 Å². The first kappa shape index (κ1) is 22.9. The van der Waals surface area contributed by atoms with E-state index in [9.17, 15) is 9.18 Å². The normalized spacial score (nSPS) is 10.9. The Bertz CT molecular complexity index is 1340. The molecule has 0 saturated carbocycles. The molecule has 0 aliphatic carbocycles. The lowest BCUT2D eigenvalue weighted by molar-refractivity contribution is -0.111. The van der Waals surface area contributed by atoms with Gasteiger partial charge >= 0.3 is 0 Å². The number of benzene rings is 2. The van der Waals surface area contributed by atoms with Gasteiger partial charge in [-0.05, 0) is 50.5 Å². The topological polar surface area (TPSA) is 96.7 Å². The number of halogens is 1. The molecule has 4 rings (SSSR count). The fourth-order valence-corrected chi connectivity index (χ4v) is 3.16. The van der Waals surface area contributed by atoms with Gasteiger partial charge in [-0.1, -0.05) is 18.7 Å². The van der Waals surface area contributed by atoms with Crippen LogP contribution in [0.15, 0.2) is 67.5 Å². The molecule has 0 unspecified atom stereocenters. The fraction of sp³-hybridized carbons (Fsp3) is 0.167. The summed E-state index contributed by atoms with van der Waals surface area (Å²) in [6, 6.07) is 11.4. The molecule has 0 atom stereocenters. The van der Waals surface area contributed by atoms with Crippen LogP contribution in [0.1, 0.15) is 0 Å². The van der Waals surface area contributed by atoms with Crippen LogP contribution in [-0.4, -0.2) is 57.6 Å². The summed E-state index contributed by atoms with van der Waals surface area (Å²) >= 11 is 0. The van der Waals surface area contributed by atoms with Gasteiger partial charge in [-0.2, -0.15) is 0 Å². The molecule has 0 aliphatic rings. The van der Waals surface area contributed by atoms with Crippen molar-refractivity contribution in [1.82, 2.24) is 24.5 Å². The zero-order valence-corrected chi connectivity index (χ0v) is 18.8. The standard InChI is InChI=1S/C24H24FN7O2/c1-4-22(33)29-20-13-18(8-9-21(20)34-11-10-31(2)3)28-24-27-15-19-14-26-23(32(19)30-24)16-6-5-7-17(25)12-16/h4-9,12-15H,1,10-11H2,2-3H3,(H,28,30)(H,29,33). The molecule has 2 N–H and O–H groups in total. The molecule has 0 aliphatic heterocycles. The minimum Gasteiger partial charge on any atom is -0.490 e. The highest BCUT2D eigenvalue weighted by atomic mass is 19.1. The van der Waals surface area contributed by atoms with Crippen LogP contribution < -0.4 is 15.4 Å². The summed E-state index contributed by atoms with van der Waals surface area (Å²) in [4.78, 5) is 22.6. The molecular formula is C24H24FN7O2. The van der Waals surface area contributed by atoms with Crippen LogP contribution in [0.4, 0.5) is 21.7 Å². The molecule has 2 heterocycles. The number of hydrogen-bond donors (Lipinski definition) is 2. The fourth-order valence-electron chi connectivity index (χ4n) is 3.16. The zero-order chi connectivity index (χ0) is 24.1. The number of imidazole rings is 1. The molecule has 2 aromatic heterocycles. The molecule has 9 nitrogen and oxygen atoms in total. The number of rotatable bonds is 9. The first-order chi connectivity index (χ1) is 16.4. The molecule has 0 spiro atoms. The maximum Gasteiger partial charge on any atom is 0.247 e. The first-order valence-electron chi connectivity index (χ1n) is 10.5. The van der Waals surface area contributed by atoms with E-state index in [-0.39, 0.29) is 11.7 Å². The number of carbonyl (C=O) groups excluding carboxylic acids is 1. The van der Waals surface area contributed by atoms with E-state index in [0.717, 1.165) is 6.54 Å². The smallest absolute Gasteiger partial charge is 0.247 e. The van der Waals surface area contributed by atoms with Crippen molar-refractivity contribution in [3.8, 4) is 17.1 Å². The molecule has 0 bridgehead atoms. The molecular weight excluding hydrogens is 437 g/mol. The molecule has 0 fully saturated rings. The number of amides is 1. The van der Waals surface area contributed by atoms with Gasteiger partial charge in [0.1, 0.15) is 23.7 Å². The summed E-state index contributed by atoms with van der Waals surface area (Å²) in [6.45, 7) is 4.68. The Hall–Kier alpha value is -4.31. The molecule has 10 heteroatoms. The van der Waals surface area contributed by atoms with E-state index in [1.807, 2.05) is 19.0 Å². The van der Waals surface area contributed by atoms with Gasteiger partial charge < -0.3 is 20.3 Å². The van der Waals surface area contributed by atoms with Gasteiger partial charge in [-0.15, -0.1) is 5.10 Å². The Morgan fingerprint density at radius 1 is 1.21 bits per heavy atom. The number of hydrogen-bond acceptors (Lipinski definition) is 7. The second kappa shape index (κ2) is 10.1. The van der Waals surface area contributed by atoms with E-state index >= 15 is 0 Å². The summed E-state index contributed by atoms with van der Waals surface area (Å²) in [6.07, 6.45) is 4.42. The lowest BCUT2D eigenvalue weighted by Gasteiger charge is -2.15. The van der Waals surface area contributed by atoms with Crippen LogP contribution in [-0.2, 0) is 4.79 Å². The molecule has 0 radical (unpaired) electrons. The van der Waals surface area contributed by atoms with Gasteiger partial charge in [0.05, 0.1) is 18.1 Å². The minimum atomic E-state index is -0.358. The molecule has 4 aromatic rings. The number of aromatic nitrogens is 4. The van der Waals surface area contributed by atoms with E-state index in [1.54, 1.807) is 47.2 Å². The van der Waals surface area contributed by atoms with Crippen molar-refractivity contribution >= 4 is 28.7 Å². The lowest BCUT2D eigenvalue weighted by Crippen LogP contribution is -2.20. The zero-order valence-electron chi connectivity index (χ0n) is 18.8. The Kier molecular flexibility index (Phi) is 6.79. The summed E-state index contributed by atoms with van der Waals surface area (Å²) in [5.74, 6) is 0.602. The summed E-state index contributed by atoms with van der Waals surface area (Å²) in [5.41, 5.74) is 2.37. The number of ether oxygens (including phenoxy) is 1. The quantitative estimate of drug-likeness (QED) is 0.367. The van der Waals surface area contributed by atoms with Crippen molar-refractivity contribution in [2.45, 2.75) is 0 Å². The van der Waals surface area contributed by atoms with Crippen molar-refractivity contribution in [2.24, 2.45) is 0 Å². The highest BCUT2D eigenvalue weighted by molar-refractivity contribution is 6.00. The average molecular weight is 462 g/mol. The van der Waals surface area contributed by atoms with Crippen LogP contribution >= 0.6 is 0 Å². The van der Waals surface area contributed by atoms with E-state index in [4.69, 9.17) is 4.74 Å². The Balaban J connectivity index is 1.61. The second-order valence-electron chi connectivity index (χ2n) is 7.69. The highest BCUT2D eigenvalue weighted by Crippen LogP contribution is 2.29. The van der Waals surface area contributed by atoms with Crippen molar-refractivity contribution in [1.29, 1.82) is 0 Å². The van der Waals surface area contributed by atoms with Gasteiger partial charge in [-0.3, -0.25) is 4.79 Å². The summed E-state index contributed by atoms with van der Waals surface area (Å²) in [7, 11) is 3.90. The Morgan fingerprint density at radius 2 is 2.03 bits per heavy atom. The third kappa shape index (κ3) is 5.36. The van der Waals surface area contributed by atoms with Crippen LogP contribution in [0, 0.1) is 5.82 Å². The number of anilines is 3. The van der Waals surface area contributed by atoms with E-state index in [1.165, 1.54) is 18.2 Å². The van der Waals surface area contributed by atoms with Crippen LogP contribution in [0.25, 0.3) is 16.9 Å². The molecule has 0 saturated heterocycles. The monoisotopic (exact) mass is 461 g/mol. The predicted molar refractivity (Wildman–Crippen MR) is 129 cm³/mol. The van der Waals surface area contributed by atoms with Gasteiger partial charge in [0.15, 0.2) is 5.82 Å². The van der Waals surface area contributed by atoms with Crippen LogP contribution in [0.5, 0.6) is 5.75 Å². The highest BCUT2D eigenvalue weighted by Gasteiger charge is 2.12.